The molecular weight excluding hydrogens is 256 g/mol. The average Bonchev–Trinajstić information content (AvgIpc) is 2.87. The number of halogens is 1. The highest BCUT2D eigenvalue weighted by Crippen LogP contribution is 2.92. The van der Waals surface area contributed by atoms with Crippen LogP contribution in [-0.4, -0.2) is 23.8 Å². The smallest absolute Gasteiger partial charge is 0.175 e. The van der Waals surface area contributed by atoms with E-state index in [0.29, 0.717) is 0 Å². The molecule has 7 rings (SSSR count). The highest BCUT2D eigenvalue weighted by molar-refractivity contribution is 9.09. The molecule has 7 aliphatic rings. The molecular formula is C12H13BrO2. The molecule has 6 saturated carbocycles. The van der Waals surface area contributed by atoms with Crippen LogP contribution in [-0.2, 0) is 9.47 Å². The fourth-order valence-corrected chi connectivity index (χ4v) is 8.30. The Hall–Kier alpha value is 0.400. The van der Waals surface area contributed by atoms with Crippen molar-refractivity contribution in [3.8, 4) is 0 Å². The lowest BCUT2D eigenvalue weighted by atomic mass is 9.41. The minimum Gasteiger partial charge on any atom is -0.347 e. The fraction of sp³-hybridized carbons (Fsp3) is 1.00. The van der Waals surface area contributed by atoms with Gasteiger partial charge in [-0.3, -0.25) is 0 Å². The number of rotatable bonds is 0. The molecule has 2 nitrogen and oxygen atoms in total. The molecule has 7 fully saturated rings. The molecule has 1 aliphatic heterocycles. The first-order valence-corrected chi connectivity index (χ1v) is 7.20. The largest absolute Gasteiger partial charge is 0.347 e. The van der Waals surface area contributed by atoms with Gasteiger partial charge in [-0.15, -0.1) is 0 Å². The summed E-state index contributed by atoms with van der Waals surface area (Å²) in [7, 11) is 0. The Morgan fingerprint density at radius 3 is 2.07 bits per heavy atom. The maximum Gasteiger partial charge on any atom is 0.175 e. The minimum absolute atomic E-state index is 0.0849. The third-order valence-electron chi connectivity index (χ3n) is 6.73. The molecule has 0 aromatic carbocycles. The van der Waals surface area contributed by atoms with E-state index in [0.717, 1.165) is 65.4 Å². The van der Waals surface area contributed by atoms with E-state index < -0.39 is 0 Å². The number of alkyl halides is 1. The van der Waals surface area contributed by atoms with Gasteiger partial charge in [0.2, 0.25) is 0 Å². The zero-order chi connectivity index (χ0) is 9.52. The SMILES string of the molecule is Br[C@@H]1[C@H]2[C@@H]3[C@@H]4[C@H]1[C@H]1[C@@H]2[C@H]3[C@H]4C12OCCO2. The predicted octanol–water partition coefficient (Wildman–Crippen LogP) is 1.49. The zero-order valence-electron chi connectivity index (χ0n) is 8.30. The third-order valence-corrected chi connectivity index (χ3v) is 7.95. The van der Waals surface area contributed by atoms with E-state index in [1.165, 1.54) is 0 Å². The second-order valence-electron chi connectivity index (χ2n) is 6.38. The Kier molecular flexibility index (Phi) is 0.946. The highest BCUT2D eigenvalue weighted by Gasteiger charge is 2.94. The van der Waals surface area contributed by atoms with E-state index in [1.807, 2.05) is 0 Å². The van der Waals surface area contributed by atoms with E-state index in [4.69, 9.17) is 9.47 Å². The van der Waals surface area contributed by atoms with Gasteiger partial charge in [-0.2, -0.15) is 0 Å². The summed E-state index contributed by atoms with van der Waals surface area (Å²) < 4.78 is 12.2. The fourth-order valence-electron chi connectivity index (χ4n) is 6.91. The minimum atomic E-state index is -0.0849. The topological polar surface area (TPSA) is 18.5 Å². The second kappa shape index (κ2) is 1.85. The van der Waals surface area contributed by atoms with Crippen molar-refractivity contribution in [2.45, 2.75) is 10.6 Å². The summed E-state index contributed by atoms with van der Waals surface area (Å²) in [6.07, 6.45) is 0. The molecule has 0 aromatic heterocycles. The van der Waals surface area contributed by atoms with Gasteiger partial charge in [-0.25, -0.2) is 0 Å². The number of hydrogen-bond acceptors (Lipinski definition) is 2. The molecule has 0 amide bonds. The Labute approximate surface area is 96.8 Å². The lowest BCUT2D eigenvalue weighted by Crippen LogP contribution is -2.61. The molecule has 0 N–H and O–H groups in total. The van der Waals surface area contributed by atoms with E-state index in [-0.39, 0.29) is 5.79 Å². The van der Waals surface area contributed by atoms with Gasteiger partial charge in [0.25, 0.3) is 0 Å². The lowest BCUT2D eigenvalue weighted by molar-refractivity contribution is -0.226. The molecule has 1 heterocycles. The van der Waals surface area contributed by atoms with Crippen molar-refractivity contribution < 1.29 is 9.47 Å². The summed E-state index contributed by atoms with van der Waals surface area (Å²) in [4.78, 5) is 0.802. The predicted molar refractivity (Wildman–Crippen MR) is 55.3 cm³/mol. The van der Waals surface area contributed by atoms with Crippen molar-refractivity contribution in [1.29, 1.82) is 0 Å². The molecule has 80 valence electrons. The van der Waals surface area contributed by atoms with Crippen LogP contribution in [0.5, 0.6) is 0 Å². The Bertz CT molecular complexity index is 389. The zero-order valence-corrected chi connectivity index (χ0v) is 9.89. The summed E-state index contributed by atoms with van der Waals surface area (Å²) in [5.74, 6) is 7.38. The molecule has 1 saturated heterocycles. The summed E-state index contributed by atoms with van der Waals surface area (Å²) in [6, 6.07) is 0. The summed E-state index contributed by atoms with van der Waals surface area (Å²) in [5, 5.41) is 0. The molecule has 0 unspecified atom stereocenters. The lowest BCUT2D eigenvalue weighted by Gasteiger charge is -2.63. The van der Waals surface area contributed by atoms with Crippen molar-refractivity contribution in [3.63, 3.8) is 0 Å². The first kappa shape index (κ1) is 7.67. The quantitative estimate of drug-likeness (QED) is 0.620. The standard InChI is InChI=1S/C12H13BrO2/c13-11-7-3-4-6(7)10-8(11)5(3)9(4)12(10)14-1-2-15-12/h3-11H,1-2H2/t3-,4-,5+,6+,7-,8-,9+,10+,11+/m0/s1. The summed E-state index contributed by atoms with van der Waals surface area (Å²) in [5.41, 5.74) is 0. The van der Waals surface area contributed by atoms with Crippen molar-refractivity contribution >= 4 is 15.9 Å². The van der Waals surface area contributed by atoms with Crippen LogP contribution >= 0.6 is 15.9 Å². The third kappa shape index (κ3) is 0.460. The van der Waals surface area contributed by atoms with Gasteiger partial charge in [-0.1, -0.05) is 15.9 Å². The highest BCUT2D eigenvalue weighted by atomic mass is 79.9. The van der Waals surface area contributed by atoms with Gasteiger partial charge in [0, 0.05) is 16.7 Å². The maximum absolute atomic E-state index is 6.09. The van der Waals surface area contributed by atoms with Crippen LogP contribution in [0.15, 0.2) is 0 Å². The van der Waals surface area contributed by atoms with E-state index in [9.17, 15) is 0 Å². The Balaban J connectivity index is 1.63. The van der Waals surface area contributed by atoms with Gasteiger partial charge in [0.05, 0.1) is 13.2 Å². The molecule has 4 bridgehead atoms. The summed E-state index contributed by atoms with van der Waals surface area (Å²) in [6.45, 7) is 1.68. The normalized spacial score (nSPS) is 77.8. The number of ether oxygens (including phenoxy) is 2. The van der Waals surface area contributed by atoms with E-state index in [2.05, 4.69) is 15.9 Å². The van der Waals surface area contributed by atoms with Gasteiger partial charge in [0.1, 0.15) is 0 Å². The van der Waals surface area contributed by atoms with Gasteiger partial charge in [0.15, 0.2) is 5.79 Å². The second-order valence-corrected chi connectivity index (χ2v) is 7.44. The number of hydrogen-bond donors (Lipinski definition) is 0. The van der Waals surface area contributed by atoms with Crippen molar-refractivity contribution in [2.75, 3.05) is 13.2 Å². The first-order valence-electron chi connectivity index (χ1n) is 6.28. The summed E-state index contributed by atoms with van der Waals surface area (Å²) >= 11 is 3.96. The van der Waals surface area contributed by atoms with Crippen LogP contribution in [0.3, 0.4) is 0 Å². The van der Waals surface area contributed by atoms with Gasteiger partial charge in [-0.05, 0) is 35.5 Å². The molecule has 0 aromatic rings. The molecule has 0 radical (unpaired) electrons. The monoisotopic (exact) mass is 268 g/mol. The van der Waals surface area contributed by atoms with Crippen molar-refractivity contribution in [3.05, 3.63) is 0 Å². The maximum atomic E-state index is 6.09. The molecule has 15 heavy (non-hydrogen) atoms. The molecule has 9 atom stereocenters. The van der Waals surface area contributed by atoms with E-state index in [1.54, 1.807) is 0 Å². The Morgan fingerprint density at radius 1 is 0.800 bits per heavy atom. The molecule has 1 spiro atoms. The van der Waals surface area contributed by atoms with Crippen molar-refractivity contribution in [1.82, 2.24) is 0 Å². The van der Waals surface area contributed by atoms with Crippen LogP contribution in [0.4, 0.5) is 0 Å². The van der Waals surface area contributed by atoms with Crippen LogP contribution < -0.4 is 0 Å². The molecule has 6 aliphatic carbocycles. The van der Waals surface area contributed by atoms with Crippen LogP contribution in [0.1, 0.15) is 0 Å². The first-order chi connectivity index (χ1) is 7.36. The average molecular weight is 269 g/mol. The van der Waals surface area contributed by atoms with Crippen LogP contribution in [0.25, 0.3) is 0 Å². The van der Waals surface area contributed by atoms with Gasteiger partial charge < -0.3 is 9.47 Å². The molecule has 3 heteroatoms. The van der Waals surface area contributed by atoms with Crippen LogP contribution in [0, 0.1) is 47.3 Å². The van der Waals surface area contributed by atoms with E-state index >= 15 is 0 Å². The Morgan fingerprint density at radius 2 is 1.40 bits per heavy atom. The van der Waals surface area contributed by atoms with Crippen LogP contribution in [0.2, 0.25) is 0 Å². The van der Waals surface area contributed by atoms with Crippen molar-refractivity contribution in [2.24, 2.45) is 47.3 Å². The van der Waals surface area contributed by atoms with Gasteiger partial charge >= 0.3 is 0 Å².